The van der Waals surface area contributed by atoms with Gasteiger partial charge in [-0.2, -0.15) is 0 Å². The Morgan fingerprint density at radius 2 is 0.828 bits per heavy atom. The van der Waals surface area contributed by atoms with Gasteiger partial charge in [0, 0.05) is 6.42 Å². The number of rotatable bonds is 47. The van der Waals surface area contributed by atoms with E-state index in [1.54, 1.807) is 0 Å². The molecule has 0 rings (SSSR count). The number of carbonyl (C=O) groups excluding carboxylic acids is 1. The maximum atomic E-state index is 12.9. The second-order valence-electron chi connectivity index (χ2n) is 18.9. The van der Waals surface area contributed by atoms with Gasteiger partial charge in [-0.1, -0.05) is 239 Å². The zero-order valence-corrected chi connectivity index (χ0v) is 40.5. The van der Waals surface area contributed by atoms with Gasteiger partial charge in [-0.05, 0) is 12.8 Å². The first kappa shape index (κ1) is 57.5. The third kappa shape index (κ3) is 43.6. The van der Waals surface area contributed by atoms with E-state index in [0.717, 1.165) is 38.5 Å². The fourth-order valence-electron chi connectivity index (χ4n) is 7.81. The number of likely N-dealkylation sites (N-methyl/N-ethyl adjacent to an activating group) is 1. The van der Waals surface area contributed by atoms with Crippen LogP contribution in [0, 0.1) is 0 Å². The molecule has 3 atom stereocenters. The first-order valence-corrected chi connectivity index (χ1v) is 26.9. The molecule has 0 heterocycles. The second-order valence-corrected chi connectivity index (χ2v) is 20.4. The minimum absolute atomic E-state index is 0.0789. The average molecular weight is 846 g/mol. The number of amides is 1. The van der Waals surface area contributed by atoms with Crippen LogP contribution in [0.4, 0.5) is 0 Å². The lowest BCUT2D eigenvalue weighted by atomic mass is 10.0. The summed E-state index contributed by atoms with van der Waals surface area (Å²) in [6.07, 6.45) is 47.0. The van der Waals surface area contributed by atoms with E-state index in [2.05, 4.69) is 19.2 Å². The molecule has 348 valence electrons. The Balaban J connectivity index is 4.24. The van der Waals surface area contributed by atoms with Gasteiger partial charge in [0.15, 0.2) is 0 Å². The number of phosphoric acid groups is 1. The van der Waals surface area contributed by atoms with Gasteiger partial charge in [-0.15, -0.1) is 0 Å². The van der Waals surface area contributed by atoms with Crippen LogP contribution in [0.2, 0.25) is 0 Å². The Morgan fingerprint density at radius 3 is 1.16 bits per heavy atom. The van der Waals surface area contributed by atoms with Crippen molar-refractivity contribution >= 4 is 13.7 Å². The highest BCUT2D eigenvalue weighted by Gasteiger charge is 2.28. The molecule has 0 radical (unpaired) electrons. The standard InChI is InChI=1S/C49H101N2O6P/c1-6-8-10-12-14-16-18-20-22-24-25-27-28-30-32-34-36-38-40-42-48(52)47(46-57-58(54,55)56-45-44-51(3,4)5)50-49(53)43-41-39-37-35-33-31-29-26-23-21-19-17-15-13-11-9-7-2/h47-48,52H,6-46H2,1-5H3,(H-,50,53,54,55)/p+1. The molecule has 0 aromatic rings. The van der Waals surface area contributed by atoms with Crippen LogP contribution in [0.3, 0.4) is 0 Å². The smallest absolute Gasteiger partial charge is 0.391 e. The molecule has 0 spiro atoms. The van der Waals surface area contributed by atoms with Gasteiger partial charge < -0.3 is 19.8 Å². The number of phosphoric ester groups is 1. The average Bonchev–Trinajstić information content (AvgIpc) is 3.17. The topological polar surface area (TPSA) is 105 Å². The number of unbranched alkanes of at least 4 members (excludes halogenated alkanes) is 34. The van der Waals surface area contributed by atoms with Crippen molar-refractivity contribution in [2.24, 2.45) is 0 Å². The van der Waals surface area contributed by atoms with Crippen LogP contribution in [-0.2, 0) is 18.4 Å². The molecule has 1 amide bonds. The maximum absolute atomic E-state index is 12.9. The third-order valence-corrected chi connectivity index (χ3v) is 12.8. The van der Waals surface area contributed by atoms with Crippen LogP contribution in [0.1, 0.15) is 258 Å². The first-order valence-electron chi connectivity index (χ1n) is 25.4. The predicted octanol–water partition coefficient (Wildman–Crippen LogP) is 14.5. The molecule has 0 aromatic heterocycles. The Kier molecular flexibility index (Phi) is 41.5. The van der Waals surface area contributed by atoms with Gasteiger partial charge in [0.1, 0.15) is 13.2 Å². The van der Waals surface area contributed by atoms with Gasteiger partial charge in [-0.25, -0.2) is 4.57 Å². The van der Waals surface area contributed by atoms with Gasteiger partial charge in [-0.3, -0.25) is 13.8 Å². The van der Waals surface area contributed by atoms with E-state index in [0.29, 0.717) is 23.9 Å². The Morgan fingerprint density at radius 1 is 0.517 bits per heavy atom. The number of aliphatic hydroxyl groups is 1. The third-order valence-electron chi connectivity index (χ3n) is 11.9. The SMILES string of the molecule is CCCCCCCCCCCCCCCCCCCCCC(O)C(COP(=O)(O)OCC[N+](C)(C)C)NC(=O)CCCCCCCCCCCCCCCCCCC. The van der Waals surface area contributed by atoms with Crippen LogP contribution >= 0.6 is 7.82 Å². The molecule has 3 unspecified atom stereocenters. The molecule has 0 aromatic carbocycles. The molecule has 0 aliphatic rings. The highest BCUT2D eigenvalue weighted by atomic mass is 31.2. The zero-order valence-electron chi connectivity index (χ0n) is 39.6. The van der Waals surface area contributed by atoms with Crippen molar-refractivity contribution < 1.29 is 32.9 Å². The lowest BCUT2D eigenvalue weighted by Crippen LogP contribution is -2.46. The van der Waals surface area contributed by atoms with Crippen molar-refractivity contribution in [1.29, 1.82) is 0 Å². The molecular weight excluding hydrogens is 744 g/mol. The highest BCUT2D eigenvalue weighted by molar-refractivity contribution is 7.47. The van der Waals surface area contributed by atoms with Gasteiger partial charge in [0.2, 0.25) is 5.91 Å². The number of nitrogens with zero attached hydrogens (tertiary/aromatic N) is 1. The number of nitrogens with one attached hydrogen (secondary N) is 1. The Labute approximate surface area is 361 Å². The summed E-state index contributed by atoms with van der Waals surface area (Å²) >= 11 is 0. The van der Waals surface area contributed by atoms with E-state index in [4.69, 9.17) is 9.05 Å². The van der Waals surface area contributed by atoms with Crippen molar-refractivity contribution in [3.63, 3.8) is 0 Å². The fourth-order valence-corrected chi connectivity index (χ4v) is 8.55. The normalized spacial score (nSPS) is 14.1. The molecule has 58 heavy (non-hydrogen) atoms. The number of carbonyl (C=O) groups is 1. The minimum atomic E-state index is -4.31. The molecule has 0 aliphatic carbocycles. The highest BCUT2D eigenvalue weighted by Crippen LogP contribution is 2.43. The summed E-state index contributed by atoms with van der Waals surface area (Å²) in [6, 6.07) is -0.753. The van der Waals surface area contributed by atoms with E-state index in [1.165, 1.54) is 193 Å². The quantitative estimate of drug-likeness (QED) is 0.0320. The van der Waals surface area contributed by atoms with Crippen LogP contribution < -0.4 is 5.32 Å². The molecule has 0 bridgehead atoms. The summed E-state index contributed by atoms with van der Waals surface area (Å²) in [5.74, 6) is -0.138. The van der Waals surface area contributed by atoms with Crippen molar-refractivity contribution in [2.45, 2.75) is 270 Å². The van der Waals surface area contributed by atoms with E-state index in [-0.39, 0.29) is 19.1 Å². The van der Waals surface area contributed by atoms with E-state index < -0.39 is 20.0 Å². The van der Waals surface area contributed by atoms with E-state index >= 15 is 0 Å². The summed E-state index contributed by atoms with van der Waals surface area (Å²) in [6.45, 7) is 4.93. The zero-order chi connectivity index (χ0) is 42.8. The van der Waals surface area contributed by atoms with Gasteiger partial charge in [0.05, 0.1) is 39.9 Å². The summed E-state index contributed by atoms with van der Waals surface area (Å²) < 4.78 is 23.7. The summed E-state index contributed by atoms with van der Waals surface area (Å²) in [5.41, 5.74) is 0. The number of quaternary nitrogens is 1. The monoisotopic (exact) mass is 846 g/mol. The van der Waals surface area contributed by atoms with Crippen LogP contribution in [-0.4, -0.2) is 73.4 Å². The predicted molar refractivity (Wildman–Crippen MR) is 249 cm³/mol. The van der Waals surface area contributed by atoms with E-state index in [1.807, 2.05) is 21.1 Å². The number of hydrogen-bond acceptors (Lipinski definition) is 5. The molecule has 0 aliphatic heterocycles. The molecule has 8 nitrogen and oxygen atoms in total. The second kappa shape index (κ2) is 41.8. The summed E-state index contributed by atoms with van der Waals surface area (Å²) in [5, 5.41) is 14.0. The van der Waals surface area contributed by atoms with Crippen LogP contribution in [0.5, 0.6) is 0 Å². The van der Waals surface area contributed by atoms with Crippen LogP contribution in [0.25, 0.3) is 0 Å². The molecule has 9 heteroatoms. The molecule has 0 saturated carbocycles. The largest absolute Gasteiger partial charge is 0.472 e. The van der Waals surface area contributed by atoms with E-state index in [9.17, 15) is 19.4 Å². The first-order chi connectivity index (χ1) is 28.0. The van der Waals surface area contributed by atoms with Crippen molar-refractivity contribution in [3.8, 4) is 0 Å². The van der Waals surface area contributed by atoms with Crippen molar-refractivity contribution in [2.75, 3.05) is 40.9 Å². The number of aliphatic hydroxyl groups excluding tert-OH is 1. The molecular formula is C49H102N2O6P+. The summed E-state index contributed by atoms with van der Waals surface area (Å²) in [7, 11) is 1.63. The minimum Gasteiger partial charge on any atom is -0.391 e. The van der Waals surface area contributed by atoms with Crippen molar-refractivity contribution in [3.05, 3.63) is 0 Å². The van der Waals surface area contributed by atoms with Crippen molar-refractivity contribution in [1.82, 2.24) is 5.32 Å². The van der Waals surface area contributed by atoms with Gasteiger partial charge >= 0.3 is 7.82 Å². The fraction of sp³-hybridized carbons (Fsp3) is 0.980. The summed E-state index contributed by atoms with van der Waals surface area (Å²) in [4.78, 5) is 23.2. The van der Waals surface area contributed by atoms with Crippen LogP contribution in [0.15, 0.2) is 0 Å². The lowest BCUT2D eigenvalue weighted by molar-refractivity contribution is -0.870. The molecule has 3 N–H and O–H groups in total. The number of hydrogen-bond donors (Lipinski definition) is 3. The van der Waals surface area contributed by atoms with Gasteiger partial charge in [0.25, 0.3) is 0 Å². The lowest BCUT2D eigenvalue weighted by Gasteiger charge is -2.26. The molecule has 0 fully saturated rings. The Bertz CT molecular complexity index is 916. The maximum Gasteiger partial charge on any atom is 0.472 e. The Hall–Kier alpha value is -0.500. The molecule has 0 saturated heterocycles.